The number of nitrogens with zero attached hydrogens (tertiary/aromatic N) is 2. The maximum atomic E-state index is 13.4. The molecule has 1 aromatic heterocycles. The van der Waals surface area contributed by atoms with Crippen LogP contribution >= 0.6 is 0 Å². The molecule has 7 heteroatoms. The van der Waals surface area contributed by atoms with Gasteiger partial charge in [-0.15, -0.1) is 0 Å². The second-order valence-corrected chi connectivity index (χ2v) is 11.4. The van der Waals surface area contributed by atoms with Crippen LogP contribution in [0.4, 0.5) is 5.69 Å². The molecule has 0 N–H and O–H groups in total. The number of aromatic nitrogens is 1. The van der Waals surface area contributed by atoms with Crippen LogP contribution in [0.5, 0.6) is 0 Å². The van der Waals surface area contributed by atoms with Gasteiger partial charge in [0.15, 0.2) is 12.4 Å². The normalized spacial score (nSPS) is 22.8. The van der Waals surface area contributed by atoms with Crippen molar-refractivity contribution in [1.82, 2.24) is 4.98 Å². The average Bonchev–Trinajstić information content (AvgIpc) is 3.69. The fraction of sp³-hybridized carbons (Fsp3) is 0.265. The Balaban J connectivity index is 1.19. The van der Waals surface area contributed by atoms with Crippen LogP contribution in [0.1, 0.15) is 45.5 Å². The quantitative estimate of drug-likeness (QED) is 0.173. The number of carbonyl (C=O) groups is 4. The van der Waals surface area contributed by atoms with Gasteiger partial charge in [-0.3, -0.25) is 19.3 Å². The maximum Gasteiger partial charge on any atom is 0.339 e. The van der Waals surface area contributed by atoms with Crippen molar-refractivity contribution in [3.8, 4) is 11.3 Å². The minimum Gasteiger partial charge on any atom is -0.454 e. The topological polar surface area (TPSA) is 93.6 Å². The van der Waals surface area contributed by atoms with E-state index in [0.717, 1.165) is 24.8 Å². The van der Waals surface area contributed by atoms with Crippen molar-refractivity contribution in [3.05, 3.63) is 95.6 Å². The Hall–Kier alpha value is -4.65. The van der Waals surface area contributed by atoms with Crippen molar-refractivity contribution >= 4 is 40.2 Å². The minimum atomic E-state index is -0.630. The van der Waals surface area contributed by atoms with Crippen LogP contribution in [0.3, 0.4) is 0 Å². The van der Waals surface area contributed by atoms with Gasteiger partial charge in [-0.05, 0) is 62.3 Å². The molecular formula is C34H28N2O5. The summed E-state index contributed by atoms with van der Waals surface area (Å²) in [6, 6.07) is 23.2. The van der Waals surface area contributed by atoms with Gasteiger partial charge in [0.1, 0.15) is 0 Å². The molecule has 3 fully saturated rings. The standard InChI is InChI=1S/C34H28N2O5/c1-19-9-11-20(12-10-19)29(37)18-41-34(40)26-17-28(35-27-8-3-2-7-25(26)27)21-5-4-6-24(16-21)36-32(38)30-22-13-14-23(15-22)31(30)33(36)39/h2-12,16-17,22-23,30-31H,13-15,18H2,1H3. The summed E-state index contributed by atoms with van der Waals surface area (Å²) in [5, 5.41) is 0.605. The third-order valence-corrected chi connectivity index (χ3v) is 8.97. The minimum absolute atomic E-state index is 0.0988. The maximum absolute atomic E-state index is 13.4. The Kier molecular flexibility index (Phi) is 6.03. The zero-order valence-corrected chi connectivity index (χ0v) is 22.6. The van der Waals surface area contributed by atoms with Crippen LogP contribution in [-0.2, 0) is 14.3 Å². The number of anilines is 1. The van der Waals surface area contributed by atoms with E-state index in [4.69, 9.17) is 9.72 Å². The number of fused-ring (bicyclic) bond motifs is 6. The second kappa shape index (κ2) is 9.77. The smallest absolute Gasteiger partial charge is 0.339 e. The summed E-state index contributed by atoms with van der Waals surface area (Å²) in [6.45, 7) is 1.55. The van der Waals surface area contributed by atoms with Crippen molar-refractivity contribution in [1.29, 1.82) is 0 Å². The Morgan fingerprint density at radius 3 is 2.32 bits per heavy atom. The first-order chi connectivity index (χ1) is 19.9. The molecule has 4 atom stereocenters. The highest BCUT2D eigenvalue weighted by atomic mass is 16.5. The van der Waals surface area contributed by atoms with Crippen molar-refractivity contribution in [3.63, 3.8) is 0 Å². The number of rotatable bonds is 6. The molecule has 2 heterocycles. The summed E-state index contributed by atoms with van der Waals surface area (Å²) >= 11 is 0. The van der Waals surface area contributed by atoms with E-state index in [2.05, 4.69) is 0 Å². The van der Waals surface area contributed by atoms with E-state index in [0.29, 0.717) is 45.2 Å². The summed E-state index contributed by atoms with van der Waals surface area (Å²) in [4.78, 5) is 58.8. The van der Waals surface area contributed by atoms with Crippen LogP contribution in [0.15, 0.2) is 78.9 Å². The lowest BCUT2D eigenvalue weighted by molar-refractivity contribution is -0.123. The number of hydrogen-bond donors (Lipinski definition) is 0. The van der Waals surface area contributed by atoms with Crippen LogP contribution in [0.2, 0.25) is 0 Å². The first-order valence-electron chi connectivity index (χ1n) is 14.0. The first kappa shape index (κ1) is 25.3. The number of aryl methyl sites for hydroxylation is 1. The van der Waals surface area contributed by atoms with Gasteiger partial charge in [-0.1, -0.05) is 60.2 Å². The van der Waals surface area contributed by atoms with Crippen LogP contribution in [0, 0.1) is 30.6 Å². The van der Waals surface area contributed by atoms with Crippen molar-refractivity contribution in [2.45, 2.75) is 26.2 Å². The predicted octanol–water partition coefficient (Wildman–Crippen LogP) is 5.79. The summed E-state index contributed by atoms with van der Waals surface area (Å²) in [6.07, 6.45) is 3.03. The third-order valence-electron chi connectivity index (χ3n) is 8.97. The molecule has 2 saturated carbocycles. The molecule has 3 aromatic carbocycles. The Labute approximate surface area is 237 Å². The molecule has 204 valence electrons. The Morgan fingerprint density at radius 1 is 0.878 bits per heavy atom. The average molecular weight is 545 g/mol. The number of Topliss-reactive ketones (excluding diaryl/α,β-unsaturated/α-hetero) is 1. The fourth-order valence-corrected chi connectivity index (χ4v) is 6.99. The molecule has 2 aliphatic carbocycles. The third kappa shape index (κ3) is 4.24. The molecule has 7 rings (SSSR count). The van der Waals surface area contributed by atoms with E-state index < -0.39 is 5.97 Å². The molecule has 0 spiro atoms. The lowest BCUT2D eigenvalue weighted by Gasteiger charge is -2.19. The van der Waals surface area contributed by atoms with Crippen LogP contribution in [0.25, 0.3) is 22.2 Å². The Bertz CT molecular complexity index is 1720. The number of benzene rings is 3. The number of ether oxygens (including phenoxy) is 1. The number of ketones is 1. The van der Waals surface area contributed by atoms with Gasteiger partial charge in [0.2, 0.25) is 11.8 Å². The van der Waals surface area contributed by atoms with E-state index in [9.17, 15) is 19.2 Å². The Morgan fingerprint density at radius 2 is 1.59 bits per heavy atom. The van der Waals surface area contributed by atoms with Gasteiger partial charge < -0.3 is 4.74 Å². The van der Waals surface area contributed by atoms with Gasteiger partial charge in [-0.2, -0.15) is 0 Å². The summed E-state index contributed by atoms with van der Waals surface area (Å²) in [7, 11) is 0. The number of imide groups is 1. The van der Waals surface area contributed by atoms with Gasteiger partial charge in [-0.25, -0.2) is 9.78 Å². The number of amides is 2. The molecule has 2 amide bonds. The highest BCUT2D eigenvalue weighted by molar-refractivity contribution is 6.22. The molecule has 3 aliphatic rings. The summed E-state index contributed by atoms with van der Waals surface area (Å²) in [5.74, 6) is -0.902. The van der Waals surface area contributed by atoms with Crippen molar-refractivity contribution in [2.24, 2.45) is 23.7 Å². The van der Waals surface area contributed by atoms with Gasteiger partial charge in [0, 0.05) is 16.5 Å². The van der Waals surface area contributed by atoms with E-state index in [1.54, 1.807) is 48.5 Å². The largest absolute Gasteiger partial charge is 0.454 e. The highest BCUT2D eigenvalue weighted by Gasteiger charge is 2.61. The number of pyridine rings is 1. The second-order valence-electron chi connectivity index (χ2n) is 11.4. The highest BCUT2D eigenvalue weighted by Crippen LogP contribution is 2.56. The fourth-order valence-electron chi connectivity index (χ4n) is 6.99. The predicted molar refractivity (Wildman–Crippen MR) is 153 cm³/mol. The van der Waals surface area contributed by atoms with Gasteiger partial charge >= 0.3 is 5.97 Å². The lowest BCUT2D eigenvalue weighted by atomic mass is 9.81. The van der Waals surface area contributed by atoms with Gasteiger partial charge in [0.05, 0.1) is 34.3 Å². The molecule has 4 aromatic rings. The van der Waals surface area contributed by atoms with E-state index in [-0.39, 0.29) is 41.6 Å². The van der Waals surface area contributed by atoms with E-state index in [1.165, 1.54) is 4.90 Å². The van der Waals surface area contributed by atoms with Gasteiger partial charge in [0.25, 0.3) is 0 Å². The van der Waals surface area contributed by atoms with Crippen molar-refractivity contribution in [2.75, 3.05) is 11.5 Å². The zero-order chi connectivity index (χ0) is 28.2. The summed E-state index contributed by atoms with van der Waals surface area (Å²) in [5.41, 5.74) is 4.07. The van der Waals surface area contributed by atoms with E-state index in [1.807, 2.05) is 37.3 Å². The van der Waals surface area contributed by atoms with Crippen LogP contribution < -0.4 is 4.90 Å². The molecule has 1 saturated heterocycles. The van der Waals surface area contributed by atoms with Crippen molar-refractivity contribution < 1.29 is 23.9 Å². The molecule has 2 bridgehead atoms. The molecule has 0 radical (unpaired) electrons. The number of hydrogen-bond acceptors (Lipinski definition) is 6. The van der Waals surface area contributed by atoms with E-state index >= 15 is 0 Å². The van der Waals surface area contributed by atoms with Crippen LogP contribution in [-0.4, -0.2) is 35.2 Å². The number of carbonyl (C=O) groups excluding carboxylic acids is 4. The summed E-state index contributed by atoms with van der Waals surface area (Å²) < 4.78 is 5.46. The molecule has 1 aliphatic heterocycles. The monoisotopic (exact) mass is 544 g/mol. The SMILES string of the molecule is Cc1ccc(C(=O)COC(=O)c2cc(-c3cccc(N4C(=O)C5C6CCC(C6)C5C4=O)c3)nc3ccccc23)cc1. The molecule has 4 unspecified atom stereocenters. The lowest BCUT2D eigenvalue weighted by Crippen LogP contribution is -2.32. The zero-order valence-electron chi connectivity index (χ0n) is 22.6. The molecular weight excluding hydrogens is 516 g/mol. The number of esters is 1. The first-order valence-corrected chi connectivity index (χ1v) is 14.0. The number of para-hydroxylation sites is 1. The molecule has 7 nitrogen and oxygen atoms in total. The molecule has 41 heavy (non-hydrogen) atoms.